The van der Waals surface area contributed by atoms with Gasteiger partial charge in [-0.25, -0.2) is 4.98 Å². The lowest BCUT2D eigenvalue weighted by Gasteiger charge is -2.22. The number of likely N-dealkylation sites (tertiary alicyclic amines) is 1. The van der Waals surface area contributed by atoms with Crippen LogP contribution in [0.4, 0.5) is 0 Å². The van der Waals surface area contributed by atoms with E-state index in [4.69, 9.17) is 9.47 Å². The van der Waals surface area contributed by atoms with Gasteiger partial charge in [-0.15, -0.1) is 24.0 Å². The first-order chi connectivity index (χ1) is 15.0. The Hall–Kier alpha value is -2.07. The van der Waals surface area contributed by atoms with Gasteiger partial charge >= 0.3 is 0 Å². The van der Waals surface area contributed by atoms with Crippen molar-refractivity contribution in [2.24, 2.45) is 10.9 Å². The maximum atomic E-state index is 5.90. The van der Waals surface area contributed by atoms with Crippen LogP contribution in [0, 0.1) is 5.92 Å². The molecule has 1 fully saturated rings. The Balaban J connectivity index is 0.00000363. The van der Waals surface area contributed by atoms with Crippen LogP contribution in [0.25, 0.3) is 0 Å². The zero-order valence-corrected chi connectivity index (χ0v) is 22.0. The number of pyridine rings is 1. The van der Waals surface area contributed by atoms with Gasteiger partial charge in [0.05, 0.1) is 6.61 Å². The van der Waals surface area contributed by atoms with E-state index < -0.39 is 0 Å². The van der Waals surface area contributed by atoms with Crippen molar-refractivity contribution >= 4 is 29.9 Å². The molecule has 2 heterocycles. The van der Waals surface area contributed by atoms with Gasteiger partial charge in [0, 0.05) is 51.0 Å². The van der Waals surface area contributed by atoms with Gasteiger partial charge in [0.15, 0.2) is 5.96 Å². The van der Waals surface area contributed by atoms with Gasteiger partial charge < -0.3 is 20.1 Å². The molecule has 1 aromatic carbocycles. The molecule has 0 radical (unpaired) electrons. The zero-order chi connectivity index (χ0) is 22.2. The summed E-state index contributed by atoms with van der Waals surface area (Å²) >= 11 is 0. The number of guanidine groups is 1. The Morgan fingerprint density at radius 1 is 1.19 bits per heavy atom. The summed E-state index contributed by atoms with van der Waals surface area (Å²) in [6.45, 7) is 12.2. The number of benzene rings is 1. The first-order valence-electron chi connectivity index (χ1n) is 11.0. The fraction of sp³-hybridized carbons (Fsp3) is 0.500. The van der Waals surface area contributed by atoms with Crippen LogP contribution in [0.1, 0.15) is 33.3 Å². The summed E-state index contributed by atoms with van der Waals surface area (Å²) in [4.78, 5) is 11.2. The van der Waals surface area contributed by atoms with Gasteiger partial charge in [-0.3, -0.25) is 9.89 Å². The van der Waals surface area contributed by atoms with Crippen LogP contribution in [0.15, 0.2) is 47.6 Å². The zero-order valence-electron chi connectivity index (χ0n) is 19.7. The second-order valence-corrected chi connectivity index (χ2v) is 8.21. The molecule has 2 unspecified atom stereocenters. The molecule has 0 saturated carbocycles. The molecule has 2 atom stereocenters. The summed E-state index contributed by atoms with van der Waals surface area (Å²) in [5.74, 6) is 3.50. The molecular weight excluding hydrogens is 517 g/mol. The van der Waals surface area contributed by atoms with Crippen LogP contribution in [0.3, 0.4) is 0 Å². The first-order valence-corrected chi connectivity index (χ1v) is 11.0. The Kier molecular flexibility index (Phi) is 10.5. The van der Waals surface area contributed by atoms with Crippen molar-refractivity contribution in [1.29, 1.82) is 0 Å². The molecule has 3 rings (SSSR count). The van der Waals surface area contributed by atoms with Crippen molar-refractivity contribution in [1.82, 2.24) is 20.5 Å². The molecule has 2 N–H and O–H groups in total. The Bertz CT molecular complexity index is 860. The average Bonchev–Trinajstić information content (AvgIpc) is 3.13. The molecule has 1 saturated heterocycles. The van der Waals surface area contributed by atoms with Gasteiger partial charge in [-0.1, -0.05) is 6.92 Å². The van der Waals surface area contributed by atoms with Crippen LogP contribution in [0.2, 0.25) is 0 Å². The molecule has 8 heteroatoms. The van der Waals surface area contributed by atoms with Crippen LogP contribution in [0.5, 0.6) is 17.4 Å². The van der Waals surface area contributed by atoms with Gasteiger partial charge in [0.25, 0.3) is 0 Å². The minimum atomic E-state index is 0. The van der Waals surface area contributed by atoms with E-state index in [-0.39, 0.29) is 24.0 Å². The lowest BCUT2D eigenvalue weighted by Crippen LogP contribution is -2.46. The number of aromatic nitrogens is 1. The SMILES string of the molecule is CCOc1ccc(Oc2cc(CNC(=NC)NC3CN(C(C)C)CC3C)ccn2)cc1.I. The van der Waals surface area contributed by atoms with Gasteiger partial charge in [-0.05, 0) is 62.6 Å². The Morgan fingerprint density at radius 3 is 2.53 bits per heavy atom. The monoisotopic (exact) mass is 553 g/mol. The highest BCUT2D eigenvalue weighted by atomic mass is 127. The van der Waals surface area contributed by atoms with Crippen molar-refractivity contribution in [3.05, 3.63) is 48.2 Å². The van der Waals surface area contributed by atoms with Crippen molar-refractivity contribution in [2.75, 3.05) is 26.7 Å². The summed E-state index contributed by atoms with van der Waals surface area (Å²) in [6.07, 6.45) is 1.76. The van der Waals surface area contributed by atoms with Gasteiger partial charge in [0.1, 0.15) is 11.5 Å². The summed E-state index contributed by atoms with van der Waals surface area (Å²) in [7, 11) is 1.81. The predicted molar refractivity (Wildman–Crippen MR) is 140 cm³/mol. The van der Waals surface area contributed by atoms with Crippen LogP contribution in [-0.4, -0.2) is 54.7 Å². The normalized spacial score (nSPS) is 18.9. The largest absolute Gasteiger partial charge is 0.494 e. The maximum Gasteiger partial charge on any atom is 0.219 e. The van der Waals surface area contributed by atoms with Crippen molar-refractivity contribution in [2.45, 2.75) is 46.3 Å². The van der Waals surface area contributed by atoms with E-state index in [0.717, 1.165) is 36.1 Å². The topological polar surface area (TPSA) is 71.0 Å². The highest BCUT2D eigenvalue weighted by Gasteiger charge is 2.31. The number of nitrogens with one attached hydrogen (secondary N) is 2. The third-order valence-electron chi connectivity index (χ3n) is 5.53. The standard InChI is InChI=1S/C24H35N5O2.HI/c1-6-30-20-7-9-21(10-8-20)31-23-13-19(11-12-26-23)14-27-24(25-5)28-22-16-29(17(2)3)15-18(22)4;/h7-13,17-18,22H,6,14-16H2,1-5H3,(H2,25,27,28);1H. The quantitative estimate of drug-likeness (QED) is 0.289. The van der Waals surface area contributed by atoms with E-state index in [0.29, 0.717) is 37.0 Å². The number of rotatable bonds is 8. The third kappa shape index (κ3) is 7.51. The summed E-state index contributed by atoms with van der Waals surface area (Å²) < 4.78 is 11.4. The van der Waals surface area contributed by atoms with Crippen molar-refractivity contribution in [3.8, 4) is 17.4 Å². The van der Waals surface area contributed by atoms with E-state index in [2.05, 4.69) is 46.3 Å². The fourth-order valence-corrected chi connectivity index (χ4v) is 3.68. The first kappa shape index (κ1) is 26.2. The number of aliphatic imine (C=N–C) groups is 1. The minimum absolute atomic E-state index is 0. The van der Waals surface area contributed by atoms with Crippen LogP contribution >= 0.6 is 24.0 Å². The second-order valence-electron chi connectivity index (χ2n) is 8.21. The van der Waals surface area contributed by atoms with Crippen molar-refractivity contribution < 1.29 is 9.47 Å². The highest BCUT2D eigenvalue weighted by Crippen LogP contribution is 2.23. The fourth-order valence-electron chi connectivity index (χ4n) is 3.68. The van der Waals surface area contributed by atoms with Crippen molar-refractivity contribution in [3.63, 3.8) is 0 Å². The highest BCUT2D eigenvalue weighted by molar-refractivity contribution is 14.0. The number of ether oxygens (including phenoxy) is 2. The lowest BCUT2D eigenvalue weighted by molar-refractivity contribution is 0.265. The number of nitrogens with zero attached hydrogens (tertiary/aromatic N) is 3. The van der Waals surface area contributed by atoms with Crippen LogP contribution in [-0.2, 0) is 6.54 Å². The smallest absolute Gasteiger partial charge is 0.219 e. The summed E-state index contributed by atoms with van der Waals surface area (Å²) in [5.41, 5.74) is 1.07. The minimum Gasteiger partial charge on any atom is -0.494 e. The summed E-state index contributed by atoms with van der Waals surface area (Å²) in [6, 6.07) is 12.4. The number of hydrogen-bond acceptors (Lipinski definition) is 5. The van der Waals surface area contributed by atoms with Gasteiger partial charge in [0.2, 0.25) is 5.88 Å². The molecule has 0 aliphatic carbocycles. The molecule has 0 spiro atoms. The Labute approximate surface area is 209 Å². The molecule has 32 heavy (non-hydrogen) atoms. The molecule has 1 aliphatic rings. The van der Waals surface area contributed by atoms with E-state index in [9.17, 15) is 0 Å². The summed E-state index contributed by atoms with van der Waals surface area (Å²) in [5, 5.41) is 6.99. The molecule has 7 nitrogen and oxygen atoms in total. The molecule has 0 bridgehead atoms. The molecule has 2 aromatic rings. The second kappa shape index (κ2) is 12.8. The third-order valence-corrected chi connectivity index (χ3v) is 5.53. The van der Waals surface area contributed by atoms with E-state index in [1.807, 2.05) is 50.4 Å². The maximum absolute atomic E-state index is 5.90. The van der Waals surface area contributed by atoms with E-state index >= 15 is 0 Å². The number of halogens is 1. The lowest BCUT2D eigenvalue weighted by atomic mass is 10.1. The molecule has 0 amide bonds. The molecule has 176 valence electrons. The van der Waals surface area contributed by atoms with Crippen LogP contribution < -0.4 is 20.1 Å². The molecule has 1 aromatic heterocycles. The van der Waals surface area contributed by atoms with E-state index in [1.165, 1.54) is 0 Å². The Morgan fingerprint density at radius 2 is 1.91 bits per heavy atom. The molecular formula is C24H36IN5O2. The molecule has 1 aliphatic heterocycles. The number of hydrogen-bond donors (Lipinski definition) is 2. The van der Waals surface area contributed by atoms with E-state index in [1.54, 1.807) is 6.20 Å². The average molecular weight is 553 g/mol. The van der Waals surface area contributed by atoms with Gasteiger partial charge in [-0.2, -0.15) is 0 Å². The predicted octanol–water partition coefficient (Wildman–Crippen LogP) is 4.28.